The fourth-order valence-corrected chi connectivity index (χ4v) is 2.74. The lowest BCUT2D eigenvalue weighted by Crippen LogP contribution is -2.02. The van der Waals surface area contributed by atoms with E-state index in [0.29, 0.717) is 6.54 Å². The first kappa shape index (κ1) is 12.1. The maximum Gasteiger partial charge on any atom is 0.119 e. The second-order valence-corrected chi connectivity index (χ2v) is 5.06. The monoisotopic (exact) mass is 248 g/mol. The summed E-state index contributed by atoms with van der Waals surface area (Å²) in [6.45, 7) is 2.67. The molecule has 0 amide bonds. The number of thiazole rings is 1. The van der Waals surface area contributed by atoms with E-state index in [4.69, 9.17) is 10.5 Å². The van der Waals surface area contributed by atoms with E-state index in [1.54, 1.807) is 18.4 Å². The van der Waals surface area contributed by atoms with Crippen LogP contribution in [0.5, 0.6) is 5.75 Å². The fourth-order valence-electron chi connectivity index (χ4n) is 1.77. The minimum absolute atomic E-state index is 0.651. The van der Waals surface area contributed by atoms with Crippen LogP contribution in [0.1, 0.15) is 9.88 Å². The van der Waals surface area contributed by atoms with Gasteiger partial charge in [0, 0.05) is 10.4 Å². The molecule has 2 aromatic rings. The highest BCUT2D eigenvalue weighted by Gasteiger charge is 2.11. The van der Waals surface area contributed by atoms with Gasteiger partial charge in [-0.05, 0) is 32.0 Å². The number of benzene rings is 1. The van der Waals surface area contributed by atoms with Gasteiger partial charge in [-0.1, -0.05) is 12.1 Å². The van der Waals surface area contributed by atoms with Crippen molar-refractivity contribution in [3.8, 4) is 17.0 Å². The molecule has 0 unspecified atom stereocenters. The summed E-state index contributed by atoms with van der Waals surface area (Å²) in [4.78, 5) is 5.83. The number of rotatable bonds is 4. The van der Waals surface area contributed by atoms with E-state index in [0.717, 1.165) is 28.4 Å². The predicted octanol–water partition coefficient (Wildman–Crippen LogP) is 2.63. The Hall–Kier alpha value is -1.39. The van der Waals surface area contributed by atoms with Crippen LogP contribution in [0, 0.1) is 6.92 Å². The summed E-state index contributed by atoms with van der Waals surface area (Å²) >= 11 is 1.72. The van der Waals surface area contributed by atoms with Crippen molar-refractivity contribution in [2.24, 2.45) is 5.73 Å². The molecule has 0 spiro atoms. The van der Waals surface area contributed by atoms with Crippen LogP contribution in [0.15, 0.2) is 24.3 Å². The fraction of sp³-hybridized carbons (Fsp3) is 0.308. The Bertz CT molecular complexity index is 508. The third kappa shape index (κ3) is 2.65. The third-order valence-corrected chi connectivity index (χ3v) is 3.55. The molecule has 2 N–H and O–H groups in total. The lowest BCUT2D eigenvalue weighted by atomic mass is 10.1. The van der Waals surface area contributed by atoms with Crippen molar-refractivity contribution in [2.75, 3.05) is 13.7 Å². The van der Waals surface area contributed by atoms with E-state index < -0.39 is 0 Å². The molecule has 1 aromatic heterocycles. The zero-order chi connectivity index (χ0) is 12.3. The van der Waals surface area contributed by atoms with Gasteiger partial charge in [0.05, 0.1) is 17.8 Å². The van der Waals surface area contributed by atoms with Crippen molar-refractivity contribution in [3.63, 3.8) is 0 Å². The number of ether oxygens (including phenoxy) is 1. The zero-order valence-corrected chi connectivity index (χ0v) is 10.9. The Labute approximate surface area is 105 Å². The average Bonchev–Trinajstić information content (AvgIpc) is 2.71. The van der Waals surface area contributed by atoms with Crippen LogP contribution in [0.25, 0.3) is 11.3 Å². The normalized spacial score (nSPS) is 10.5. The molecule has 0 aliphatic heterocycles. The Morgan fingerprint density at radius 2 is 2.24 bits per heavy atom. The van der Waals surface area contributed by atoms with Crippen molar-refractivity contribution in [1.82, 2.24) is 4.98 Å². The Morgan fingerprint density at radius 1 is 1.41 bits per heavy atom. The number of aromatic nitrogens is 1. The Balaban J connectivity index is 2.43. The minimum atomic E-state index is 0.651. The highest BCUT2D eigenvalue weighted by atomic mass is 32.1. The molecule has 0 saturated heterocycles. The largest absolute Gasteiger partial charge is 0.497 e. The lowest BCUT2D eigenvalue weighted by molar-refractivity contribution is 0.415. The van der Waals surface area contributed by atoms with Crippen LogP contribution in [-0.4, -0.2) is 18.6 Å². The third-order valence-electron chi connectivity index (χ3n) is 2.52. The molecule has 90 valence electrons. The van der Waals surface area contributed by atoms with Crippen LogP contribution in [0.3, 0.4) is 0 Å². The van der Waals surface area contributed by atoms with Crippen molar-refractivity contribution in [1.29, 1.82) is 0 Å². The number of nitrogens with zero attached hydrogens (tertiary/aromatic N) is 1. The van der Waals surface area contributed by atoms with Gasteiger partial charge in [0.25, 0.3) is 0 Å². The van der Waals surface area contributed by atoms with E-state index >= 15 is 0 Å². The zero-order valence-electron chi connectivity index (χ0n) is 10.1. The van der Waals surface area contributed by atoms with Crippen LogP contribution < -0.4 is 10.5 Å². The van der Waals surface area contributed by atoms with Crippen molar-refractivity contribution < 1.29 is 4.74 Å². The van der Waals surface area contributed by atoms with E-state index in [-0.39, 0.29) is 0 Å². The summed E-state index contributed by atoms with van der Waals surface area (Å²) in [5.41, 5.74) is 7.76. The molecule has 0 aliphatic rings. The standard InChI is InChI=1S/C13H16N2OS/c1-9-15-13(12(17-9)6-7-14)10-4-3-5-11(8-10)16-2/h3-5,8H,6-7,14H2,1-2H3. The summed E-state index contributed by atoms with van der Waals surface area (Å²) in [5, 5.41) is 1.08. The first-order chi connectivity index (χ1) is 8.24. The van der Waals surface area contributed by atoms with Gasteiger partial charge in [-0.3, -0.25) is 0 Å². The summed E-state index contributed by atoms with van der Waals surface area (Å²) in [6.07, 6.45) is 0.873. The van der Waals surface area contributed by atoms with E-state index in [2.05, 4.69) is 11.1 Å². The molecule has 2 rings (SSSR count). The Kier molecular flexibility index (Phi) is 3.76. The van der Waals surface area contributed by atoms with Gasteiger partial charge in [-0.25, -0.2) is 4.98 Å². The lowest BCUT2D eigenvalue weighted by Gasteiger charge is -2.04. The molecule has 17 heavy (non-hydrogen) atoms. The molecule has 0 bridgehead atoms. The Morgan fingerprint density at radius 3 is 2.94 bits per heavy atom. The van der Waals surface area contributed by atoms with Crippen LogP contribution in [-0.2, 0) is 6.42 Å². The van der Waals surface area contributed by atoms with Crippen LogP contribution in [0.4, 0.5) is 0 Å². The first-order valence-corrected chi connectivity index (χ1v) is 6.37. The summed E-state index contributed by atoms with van der Waals surface area (Å²) in [5.74, 6) is 0.854. The number of hydrogen-bond acceptors (Lipinski definition) is 4. The van der Waals surface area contributed by atoms with E-state index in [1.807, 2.05) is 25.1 Å². The molecule has 3 nitrogen and oxygen atoms in total. The number of nitrogens with two attached hydrogens (primary N) is 1. The topological polar surface area (TPSA) is 48.1 Å². The van der Waals surface area contributed by atoms with Gasteiger partial charge in [-0.15, -0.1) is 11.3 Å². The molecule has 0 aliphatic carbocycles. The molecule has 0 radical (unpaired) electrons. The van der Waals surface area contributed by atoms with Gasteiger partial charge in [-0.2, -0.15) is 0 Å². The van der Waals surface area contributed by atoms with Gasteiger partial charge in [0.15, 0.2) is 0 Å². The minimum Gasteiger partial charge on any atom is -0.497 e. The molecule has 1 heterocycles. The molecule has 1 aromatic carbocycles. The molecule has 4 heteroatoms. The first-order valence-electron chi connectivity index (χ1n) is 5.55. The summed E-state index contributed by atoms with van der Waals surface area (Å²) in [7, 11) is 1.67. The SMILES string of the molecule is COc1cccc(-c2nc(C)sc2CCN)c1. The second-order valence-electron chi connectivity index (χ2n) is 3.78. The van der Waals surface area contributed by atoms with Crippen molar-refractivity contribution in [3.05, 3.63) is 34.2 Å². The maximum atomic E-state index is 5.63. The van der Waals surface area contributed by atoms with Crippen LogP contribution >= 0.6 is 11.3 Å². The number of aryl methyl sites for hydroxylation is 1. The highest BCUT2D eigenvalue weighted by molar-refractivity contribution is 7.12. The molecule has 0 atom stereocenters. The van der Waals surface area contributed by atoms with Crippen molar-refractivity contribution >= 4 is 11.3 Å². The predicted molar refractivity (Wildman–Crippen MR) is 71.6 cm³/mol. The molecule has 0 saturated carbocycles. The van der Waals surface area contributed by atoms with Gasteiger partial charge in [0.1, 0.15) is 5.75 Å². The molecular weight excluding hydrogens is 232 g/mol. The highest BCUT2D eigenvalue weighted by Crippen LogP contribution is 2.30. The second kappa shape index (κ2) is 5.29. The van der Waals surface area contributed by atoms with Gasteiger partial charge >= 0.3 is 0 Å². The summed E-state index contributed by atoms with van der Waals surface area (Å²) in [6, 6.07) is 7.98. The molecular formula is C13H16N2OS. The van der Waals surface area contributed by atoms with E-state index in [1.165, 1.54) is 4.88 Å². The van der Waals surface area contributed by atoms with Gasteiger partial charge < -0.3 is 10.5 Å². The average molecular weight is 248 g/mol. The quantitative estimate of drug-likeness (QED) is 0.904. The smallest absolute Gasteiger partial charge is 0.119 e. The maximum absolute atomic E-state index is 5.63. The molecule has 0 fully saturated rings. The van der Waals surface area contributed by atoms with E-state index in [9.17, 15) is 0 Å². The van der Waals surface area contributed by atoms with Crippen LogP contribution in [0.2, 0.25) is 0 Å². The van der Waals surface area contributed by atoms with Gasteiger partial charge in [0.2, 0.25) is 0 Å². The number of hydrogen-bond donors (Lipinski definition) is 1. The number of methoxy groups -OCH3 is 1. The van der Waals surface area contributed by atoms with Crippen molar-refractivity contribution in [2.45, 2.75) is 13.3 Å². The summed E-state index contributed by atoms with van der Waals surface area (Å²) < 4.78 is 5.23.